The fourth-order valence-electron chi connectivity index (χ4n) is 3.44. The van der Waals surface area contributed by atoms with E-state index in [1.165, 1.54) is 32.5 Å². The number of morpholine rings is 1. The summed E-state index contributed by atoms with van der Waals surface area (Å²) in [5, 5.41) is 6.88. The second-order valence-electron chi connectivity index (χ2n) is 7.21. The van der Waals surface area contributed by atoms with Gasteiger partial charge in [0.2, 0.25) is 0 Å². The van der Waals surface area contributed by atoms with Crippen LogP contribution in [0.25, 0.3) is 0 Å². The number of likely N-dealkylation sites (tertiary alicyclic amines) is 1. The Morgan fingerprint density at radius 2 is 1.76 bits per heavy atom. The maximum absolute atomic E-state index is 5.43. The van der Waals surface area contributed by atoms with E-state index in [1.54, 1.807) is 0 Å². The van der Waals surface area contributed by atoms with Gasteiger partial charge < -0.3 is 20.3 Å². The molecule has 2 unspecified atom stereocenters. The molecule has 0 spiro atoms. The monoisotopic (exact) mass is 467 g/mol. The Morgan fingerprint density at radius 3 is 2.40 bits per heavy atom. The zero-order chi connectivity index (χ0) is 17.2. The Balaban J connectivity index is 0.00000312. The summed E-state index contributed by atoms with van der Waals surface area (Å²) in [4.78, 5) is 9.85. The molecule has 148 valence electrons. The molecular formula is C18H38IN5O. The zero-order valence-electron chi connectivity index (χ0n) is 16.3. The van der Waals surface area contributed by atoms with Crippen LogP contribution in [0.1, 0.15) is 33.6 Å². The number of rotatable bonds is 8. The Kier molecular flexibility index (Phi) is 12.0. The maximum Gasteiger partial charge on any atom is 0.191 e. The van der Waals surface area contributed by atoms with E-state index in [2.05, 4.69) is 41.2 Å². The predicted octanol–water partition coefficient (Wildman–Crippen LogP) is 1.61. The molecule has 25 heavy (non-hydrogen) atoms. The van der Waals surface area contributed by atoms with E-state index in [0.29, 0.717) is 12.0 Å². The summed E-state index contributed by atoms with van der Waals surface area (Å²) in [6.45, 7) is 16.9. The van der Waals surface area contributed by atoms with Crippen LogP contribution in [0.15, 0.2) is 4.99 Å². The van der Waals surface area contributed by atoms with Crippen molar-refractivity contribution >= 4 is 29.9 Å². The van der Waals surface area contributed by atoms with Gasteiger partial charge >= 0.3 is 0 Å². The number of hydrogen-bond acceptors (Lipinski definition) is 4. The molecule has 2 atom stereocenters. The Bertz CT molecular complexity index is 370. The molecule has 2 aliphatic rings. The largest absolute Gasteiger partial charge is 0.379 e. The topological polar surface area (TPSA) is 52.1 Å². The standard InChI is InChI=1S/C18H37N5O.HI/c1-4-19-18(20-13-16(2)15-22-7-5-6-8-22)21-14-17(3)23-9-11-24-12-10-23;/h16-17H,4-15H2,1-3H3,(H2,19,20,21);1H. The van der Waals surface area contributed by atoms with Crippen LogP contribution in [0.3, 0.4) is 0 Å². The minimum Gasteiger partial charge on any atom is -0.379 e. The lowest BCUT2D eigenvalue weighted by Crippen LogP contribution is -2.49. The van der Waals surface area contributed by atoms with Crippen LogP contribution in [0.2, 0.25) is 0 Å². The summed E-state index contributed by atoms with van der Waals surface area (Å²) in [5.74, 6) is 1.56. The van der Waals surface area contributed by atoms with Crippen molar-refractivity contribution in [1.29, 1.82) is 0 Å². The number of hydrogen-bond donors (Lipinski definition) is 2. The Morgan fingerprint density at radius 1 is 1.08 bits per heavy atom. The first-order valence-corrected chi connectivity index (χ1v) is 9.75. The van der Waals surface area contributed by atoms with Crippen molar-refractivity contribution in [1.82, 2.24) is 20.4 Å². The third-order valence-corrected chi connectivity index (χ3v) is 4.91. The average Bonchev–Trinajstić information content (AvgIpc) is 3.10. The van der Waals surface area contributed by atoms with Crippen LogP contribution >= 0.6 is 24.0 Å². The number of halogens is 1. The van der Waals surface area contributed by atoms with Crippen LogP contribution < -0.4 is 10.6 Å². The molecule has 0 aromatic carbocycles. The van der Waals surface area contributed by atoms with E-state index in [1.807, 2.05) is 0 Å². The minimum atomic E-state index is 0. The summed E-state index contributed by atoms with van der Waals surface area (Å²) in [6, 6.07) is 0.500. The SMILES string of the molecule is CCNC(=NCC(C)CN1CCCC1)NCC(C)N1CCOCC1.I. The summed E-state index contributed by atoms with van der Waals surface area (Å²) in [5.41, 5.74) is 0. The molecule has 0 aromatic heterocycles. The van der Waals surface area contributed by atoms with Gasteiger partial charge in [-0.25, -0.2) is 0 Å². The van der Waals surface area contributed by atoms with Crippen LogP contribution in [0.4, 0.5) is 0 Å². The van der Waals surface area contributed by atoms with Gasteiger partial charge in [-0.15, -0.1) is 24.0 Å². The summed E-state index contributed by atoms with van der Waals surface area (Å²) < 4.78 is 5.43. The summed E-state index contributed by atoms with van der Waals surface area (Å²) >= 11 is 0. The molecule has 2 saturated heterocycles. The molecule has 2 fully saturated rings. The molecule has 0 bridgehead atoms. The number of guanidine groups is 1. The predicted molar refractivity (Wildman–Crippen MR) is 116 cm³/mol. The fourth-order valence-corrected chi connectivity index (χ4v) is 3.44. The lowest BCUT2D eigenvalue weighted by atomic mass is 10.2. The molecule has 2 rings (SSSR count). The minimum absolute atomic E-state index is 0. The molecule has 7 heteroatoms. The van der Waals surface area contributed by atoms with E-state index in [0.717, 1.165) is 51.9 Å². The van der Waals surface area contributed by atoms with Gasteiger partial charge in [0.25, 0.3) is 0 Å². The van der Waals surface area contributed by atoms with E-state index in [-0.39, 0.29) is 24.0 Å². The van der Waals surface area contributed by atoms with E-state index in [4.69, 9.17) is 9.73 Å². The van der Waals surface area contributed by atoms with Gasteiger partial charge in [-0.1, -0.05) is 6.92 Å². The molecule has 0 saturated carbocycles. The molecule has 0 amide bonds. The van der Waals surface area contributed by atoms with Crippen LogP contribution in [0, 0.1) is 5.92 Å². The molecule has 0 aliphatic carbocycles. The van der Waals surface area contributed by atoms with Crippen molar-refractivity contribution in [3.8, 4) is 0 Å². The zero-order valence-corrected chi connectivity index (χ0v) is 18.6. The highest BCUT2D eigenvalue weighted by Gasteiger charge is 2.17. The van der Waals surface area contributed by atoms with Gasteiger partial charge in [0.1, 0.15) is 0 Å². The van der Waals surface area contributed by atoms with E-state index >= 15 is 0 Å². The van der Waals surface area contributed by atoms with Gasteiger partial charge in [0, 0.05) is 45.3 Å². The number of ether oxygens (including phenoxy) is 1. The van der Waals surface area contributed by atoms with Gasteiger partial charge in [-0.05, 0) is 45.7 Å². The Hall–Kier alpha value is -0.120. The first kappa shape index (κ1) is 22.9. The lowest BCUT2D eigenvalue weighted by molar-refractivity contribution is 0.0211. The summed E-state index contributed by atoms with van der Waals surface area (Å²) in [7, 11) is 0. The molecule has 2 aliphatic heterocycles. The van der Waals surface area contributed by atoms with Gasteiger partial charge in [-0.3, -0.25) is 9.89 Å². The second kappa shape index (κ2) is 13.1. The fraction of sp³-hybridized carbons (Fsp3) is 0.944. The molecule has 2 N–H and O–H groups in total. The Labute approximate surface area is 171 Å². The van der Waals surface area contributed by atoms with Crippen molar-refractivity contribution in [3.05, 3.63) is 0 Å². The third kappa shape index (κ3) is 8.88. The molecule has 6 nitrogen and oxygen atoms in total. The van der Waals surface area contributed by atoms with Crippen molar-refractivity contribution in [2.45, 2.75) is 39.7 Å². The molecular weight excluding hydrogens is 429 g/mol. The lowest BCUT2D eigenvalue weighted by Gasteiger charge is -2.32. The van der Waals surface area contributed by atoms with Crippen LogP contribution in [0.5, 0.6) is 0 Å². The van der Waals surface area contributed by atoms with Crippen LogP contribution in [-0.4, -0.2) is 87.4 Å². The summed E-state index contributed by atoms with van der Waals surface area (Å²) in [6.07, 6.45) is 2.72. The van der Waals surface area contributed by atoms with Gasteiger partial charge in [-0.2, -0.15) is 0 Å². The van der Waals surface area contributed by atoms with E-state index in [9.17, 15) is 0 Å². The normalized spacial score (nSPS) is 22.3. The highest BCUT2D eigenvalue weighted by Crippen LogP contribution is 2.10. The smallest absolute Gasteiger partial charge is 0.191 e. The highest BCUT2D eigenvalue weighted by molar-refractivity contribution is 14.0. The molecule has 0 radical (unpaired) electrons. The number of nitrogens with one attached hydrogen (secondary N) is 2. The number of nitrogens with zero attached hydrogens (tertiary/aromatic N) is 3. The van der Waals surface area contributed by atoms with Crippen molar-refractivity contribution in [3.63, 3.8) is 0 Å². The quantitative estimate of drug-likeness (QED) is 0.323. The number of aliphatic imine (C=N–C) groups is 1. The first-order valence-electron chi connectivity index (χ1n) is 9.75. The first-order chi connectivity index (χ1) is 11.7. The van der Waals surface area contributed by atoms with E-state index < -0.39 is 0 Å². The molecule has 0 aromatic rings. The second-order valence-corrected chi connectivity index (χ2v) is 7.21. The van der Waals surface area contributed by atoms with Crippen molar-refractivity contribution < 1.29 is 4.74 Å². The third-order valence-electron chi connectivity index (χ3n) is 4.91. The van der Waals surface area contributed by atoms with Gasteiger partial charge in [0.05, 0.1) is 13.2 Å². The highest BCUT2D eigenvalue weighted by atomic mass is 127. The van der Waals surface area contributed by atoms with Crippen molar-refractivity contribution in [2.24, 2.45) is 10.9 Å². The van der Waals surface area contributed by atoms with Gasteiger partial charge in [0.15, 0.2) is 5.96 Å². The van der Waals surface area contributed by atoms with Crippen LogP contribution in [-0.2, 0) is 4.74 Å². The van der Waals surface area contributed by atoms with Crippen molar-refractivity contribution in [2.75, 3.05) is 65.6 Å². The maximum atomic E-state index is 5.43. The molecule has 2 heterocycles. The average molecular weight is 467 g/mol.